The van der Waals surface area contributed by atoms with Gasteiger partial charge in [0.15, 0.2) is 0 Å². The molecule has 2 aromatic carbocycles. The number of aryl methyl sites for hydroxylation is 1. The van der Waals surface area contributed by atoms with Crippen molar-refractivity contribution in [1.29, 1.82) is 0 Å². The number of rotatable bonds is 6. The smallest absolute Gasteiger partial charge is 0.133 e. The molecule has 21 heavy (non-hydrogen) atoms. The fourth-order valence-electron chi connectivity index (χ4n) is 2.47. The lowest BCUT2D eigenvalue weighted by atomic mass is 9.98. The van der Waals surface area contributed by atoms with E-state index in [1.807, 2.05) is 30.3 Å². The van der Waals surface area contributed by atoms with Gasteiger partial charge in [0.2, 0.25) is 0 Å². The van der Waals surface area contributed by atoms with Crippen molar-refractivity contribution < 1.29 is 13.2 Å². The molecule has 2 rings (SSSR count). The normalized spacial score (nSPS) is 12.4. The van der Waals surface area contributed by atoms with Gasteiger partial charge in [-0.2, -0.15) is 0 Å². The molecule has 0 amide bonds. The second kappa shape index (κ2) is 7.27. The third-order valence-electron chi connectivity index (χ3n) is 3.54. The standard InChI is InChI=1S/C17H18F3N/c1-21-16(9-5-8-12-6-3-2-4-7-12)17-14(19)10-13(18)11-15(17)20/h2-4,6-7,10-11,16,21H,5,8-9H2,1H3. The molecule has 1 atom stereocenters. The van der Waals surface area contributed by atoms with Gasteiger partial charge in [-0.05, 0) is 31.9 Å². The van der Waals surface area contributed by atoms with Gasteiger partial charge in [0, 0.05) is 23.7 Å². The zero-order chi connectivity index (χ0) is 15.2. The van der Waals surface area contributed by atoms with Crippen LogP contribution in [0.4, 0.5) is 13.2 Å². The summed E-state index contributed by atoms with van der Waals surface area (Å²) in [5.74, 6) is -2.58. The largest absolute Gasteiger partial charge is 0.313 e. The minimum atomic E-state index is -0.895. The predicted octanol–water partition coefficient (Wildman–Crippen LogP) is 4.39. The number of nitrogens with one attached hydrogen (secondary N) is 1. The van der Waals surface area contributed by atoms with Gasteiger partial charge in [0.1, 0.15) is 17.5 Å². The lowest BCUT2D eigenvalue weighted by Gasteiger charge is -2.18. The monoisotopic (exact) mass is 293 g/mol. The number of hydrogen-bond donors (Lipinski definition) is 1. The fourth-order valence-corrected chi connectivity index (χ4v) is 2.47. The molecule has 2 aromatic rings. The predicted molar refractivity (Wildman–Crippen MR) is 77.5 cm³/mol. The zero-order valence-corrected chi connectivity index (χ0v) is 11.9. The van der Waals surface area contributed by atoms with Crippen LogP contribution in [0.15, 0.2) is 42.5 Å². The van der Waals surface area contributed by atoms with Crippen LogP contribution in [0.25, 0.3) is 0 Å². The van der Waals surface area contributed by atoms with Crippen LogP contribution >= 0.6 is 0 Å². The van der Waals surface area contributed by atoms with Gasteiger partial charge >= 0.3 is 0 Å². The molecule has 0 bridgehead atoms. The van der Waals surface area contributed by atoms with Crippen molar-refractivity contribution in [2.24, 2.45) is 0 Å². The summed E-state index contributed by atoms with van der Waals surface area (Å²) >= 11 is 0. The summed E-state index contributed by atoms with van der Waals surface area (Å²) in [5, 5.41) is 2.90. The molecule has 0 heterocycles. The highest BCUT2D eigenvalue weighted by atomic mass is 19.1. The molecular weight excluding hydrogens is 275 g/mol. The van der Waals surface area contributed by atoms with Gasteiger partial charge in [-0.15, -0.1) is 0 Å². The lowest BCUT2D eigenvalue weighted by Crippen LogP contribution is -2.19. The third-order valence-corrected chi connectivity index (χ3v) is 3.54. The Morgan fingerprint density at radius 1 is 1.00 bits per heavy atom. The van der Waals surface area contributed by atoms with Crippen molar-refractivity contribution in [1.82, 2.24) is 5.32 Å². The molecule has 0 aliphatic heterocycles. The highest BCUT2D eigenvalue weighted by Gasteiger charge is 2.19. The Morgan fingerprint density at radius 3 is 2.19 bits per heavy atom. The maximum Gasteiger partial charge on any atom is 0.133 e. The van der Waals surface area contributed by atoms with Crippen molar-refractivity contribution in [2.75, 3.05) is 7.05 Å². The Kier molecular flexibility index (Phi) is 5.39. The maximum absolute atomic E-state index is 13.8. The highest BCUT2D eigenvalue weighted by Crippen LogP contribution is 2.25. The van der Waals surface area contributed by atoms with E-state index in [1.165, 1.54) is 5.56 Å². The lowest BCUT2D eigenvalue weighted by molar-refractivity contribution is 0.453. The van der Waals surface area contributed by atoms with Crippen molar-refractivity contribution in [3.8, 4) is 0 Å². The Morgan fingerprint density at radius 2 is 1.62 bits per heavy atom. The van der Waals surface area contributed by atoms with E-state index >= 15 is 0 Å². The van der Waals surface area contributed by atoms with E-state index in [1.54, 1.807) is 7.05 Å². The van der Waals surface area contributed by atoms with Crippen molar-refractivity contribution in [3.05, 3.63) is 71.0 Å². The van der Waals surface area contributed by atoms with Gasteiger partial charge in [-0.25, -0.2) is 13.2 Å². The number of halogens is 3. The summed E-state index contributed by atoms with van der Waals surface area (Å²) in [6, 6.07) is 10.9. The van der Waals surface area contributed by atoms with Gasteiger partial charge < -0.3 is 5.32 Å². The first-order valence-electron chi connectivity index (χ1n) is 6.97. The van der Waals surface area contributed by atoms with E-state index in [0.717, 1.165) is 25.0 Å². The second-order valence-electron chi connectivity index (χ2n) is 5.00. The summed E-state index contributed by atoms with van der Waals surface area (Å²) in [4.78, 5) is 0. The van der Waals surface area contributed by atoms with Crippen LogP contribution in [0, 0.1) is 17.5 Å². The molecule has 0 aliphatic carbocycles. The molecule has 1 unspecified atom stereocenters. The molecule has 0 aromatic heterocycles. The molecule has 0 saturated carbocycles. The topological polar surface area (TPSA) is 12.0 Å². The third kappa shape index (κ3) is 4.08. The fraction of sp³-hybridized carbons (Fsp3) is 0.294. The summed E-state index contributed by atoms with van der Waals surface area (Å²) < 4.78 is 40.5. The number of benzene rings is 2. The minimum Gasteiger partial charge on any atom is -0.313 e. The van der Waals surface area contributed by atoms with Crippen LogP contribution in [-0.2, 0) is 6.42 Å². The first-order chi connectivity index (χ1) is 10.1. The summed E-state index contributed by atoms with van der Waals surface area (Å²) in [6.45, 7) is 0. The Balaban J connectivity index is 2.03. The van der Waals surface area contributed by atoms with Crippen LogP contribution in [0.2, 0.25) is 0 Å². The van der Waals surface area contributed by atoms with Gasteiger partial charge in [-0.1, -0.05) is 30.3 Å². The quantitative estimate of drug-likeness (QED) is 0.833. The molecule has 0 spiro atoms. The Labute approximate surface area is 122 Å². The van der Waals surface area contributed by atoms with Gasteiger partial charge in [-0.3, -0.25) is 0 Å². The molecule has 1 nitrogen and oxygen atoms in total. The van der Waals surface area contributed by atoms with Gasteiger partial charge in [0.25, 0.3) is 0 Å². The van der Waals surface area contributed by atoms with Crippen LogP contribution in [-0.4, -0.2) is 7.05 Å². The van der Waals surface area contributed by atoms with E-state index in [0.29, 0.717) is 6.42 Å². The first kappa shape index (κ1) is 15.6. The van der Waals surface area contributed by atoms with E-state index < -0.39 is 23.5 Å². The first-order valence-corrected chi connectivity index (χ1v) is 6.97. The summed E-state index contributed by atoms with van der Waals surface area (Å²) in [5.41, 5.74) is 1.10. The summed E-state index contributed by atoms with van der Waals surface area (Å²) in [7, 11) is 1.65. The van der Waals surface area contributed by atoms with Crippen LogP contribution in [0.3, 0.4) is 0 Å². The molecule has 0 fully saturated rings. The second-order valence-corrected chi connectivity index (χ2v) is 5.00. The maximum atomic E-state index is 13.8. The van der Waals surface area contributed by atoms with Crippen LogP contribution < -0.4 is 5.32 Å². The van der Waals surface area contributed by atoms with Crippen molar-refractivity contribution in [2.45, 2.75) is 25.3 Å². The van der Waals surface area contributed by atoms with Crippen molar-refractivity contribution in [3.63, 3.8) is 0 Å². The van der Waals surface area contributed by atoms with E-state index in [-0.39, 0.29) is 5.56 Å². The Bertz CT molecular complexity index is 561. The van der Waals surface area contributed by atoms with E-state index in [9.17, 15) is 13.2 Å². The van der Waals surface area contributed by atoms with Crippen molar-refractivity contribution >= 4 is 0 Å². The minimum absolute atomic E-state index is 0.0908. The average molecular weight is 293 g/mol. The average Bonchev–Trinajstić information content (AvgIpc) is 2.45. The molecule has 0 radical (unpaired) electrons. The summed E-state index contributed by atoms with van der Waals surface area (Å²) in [6.07, 6.45) is 2.19. The molecule has 0 saturated heterocycles. The van der Waals surface area contributed by atoms with Crippen LogP contribution in [0.5, 0.6) is 0 Å². The molecular formula is C17H18F3N. The number of hydrogen-bond acceptors (Lipinski definition) is 1. The van der Waals surface area contributed by atoms with E-state index in [2.05, 4.69) is 5.32 Å². The SMILES string of the molecule is CNC(CCCc1ccccc1)c1c(F)cc(F)cc1F. The van der Waals surface area contributed by atoms with Crippen LogP contribution in [0.1, 0.15) is 30.0 Å². The Hall–Kier alpha value is -1.81. The molecule has 4 heteroatoms. The molecule has 0 aliphatic rings. The van der Waals surface area contributed by atoms with E-state index in [4.69, 9.17) is 0 Å². The van der Waals surface area contributed by atoms with Gasteiger partial charge in [0.05, 0.1) is 0 Å². The zero-order valence-electron chi connectivity index (χ0n) is 11.9. The molecule has 112 valence electrons. The highest BCUT2D eigenvalue weighted by molar-refractivity contribution is 5.24. The molecule has 1 N–H and O–H groups in total.